The zero-order valence-corrected chi connectivity index (χ0v) is 10.1. The summed E-state index contributed by atoms with van der Waals surface area (Å²) in [7, 11) is 0. The number of carbonyl (C=O) groups is 1. The highest BCUT2D eigenvalue weighted by Gasteiger charge is 2.23. The third-order valence-corrected chi connectivity index (χ3v) is 2.89. The van der Waals surface area contributed by atoms with Crippen molar-refractivity contribution >= 4 is 11.7 Å². The number of nitrogens with one attached hydrogen (secondary N) is 1. The summed E-state index contributed by atoms with van der Waals surface area (Å²) >= 11 is 0. The van der Waals surface area contributed by atoms with Crippen LogP contribution in [0.5, 0.6) is 0 Å². The summed E-state index contributed by atoms with van der Waals surface area (Å²) in [5, 5.41) is 13.1. The SMILES string of the molecule is O=C(NCCF)N1CCc2ncc([N+](=O)[O-])cc2C1. The zero-order chi connectivity index (χ0) is 13.8. The van der Waals surface area contributed by atoms with Gasteiger partial charge in [0.15, 0.2) is 0 Å². The summed E-state index contributed by atoms with van der Waals surface area (Å²) < 4.78 is 12.0. The van der Waals surface area contributed by atoms with Gasteiger partial charge in [-0.05, 0) is 5.56 Å². The normalized spacial score (nSPS) is 13.8. The number of amides is 2. The molecule has 1 aliphatic rings. The maximum atomic E-state index is 12.0. The Hall–Kier alpha value is -2.25. The van der Waals surface area contributed by atoms with Crippen LogP contribution in [-0.2, 0) is 13.0 Å². The minimum Gasteiger partial charge on any atom is -0.335 e. The summed E-state index contributed by atoms with van der Waals surface area (Å²) in [4.78, 5) is 27.4. The molecule has 1 N–H and O–H groups in total. The second-order valence-electron chi connectivity index (χ2n) is 4.15. The predicted molar refractivity (Wildman–Crippen MR) is 64.4 cm³/mol. The van der Waals surface area contributed by atoms with E-state index in [-0.39, 0.29) is 24.8 Å². The molecule has 8 heteroatoms. The van der Waals surface area contributed by atoms with Gasteiger partial charge in [-0.15, -0.1) is 0 Å². The molecule has 0 aliphatic carbocycles. The van der Waals surface area contributed by atoms with E-state index in [0.717, 1.165) is 5.69 Å². The molecule has 0 radical (unpaired) electrons. The van der Waals surface area contributed by atoms with Gasteiger partial charge in [0.05, 0.1) is 4.92 Å². The summed E-state index contributed by atoms with van der Waals surface area (Å²) in [5.41, 5.74) is 1.33. The Balaban J connectivity index is 2.11. The van der Waals surface area contributed by atoms with E-state index in [1.807, 2.05) is 0 Å². The number of carbonyl (C=O) groups excluding carboxylic acids is 1. The van der Waals surface area contributed by atoms with Crippen LogP contribution in [0, 0.1) is 10.1 Å². The Morgan fingerprint density at radius 1 is 1.63 bits per heavy atom. The van der Waals surface area contributed by atoms with E-state index in [1.54, 1.807) is 0 Å². The van der Waals surface area contributed by atoms with E-state index in [4.69, 9.17) is 0 Å². The van der Waals surface area contributed by atoms with Gasteiger partial charge < -0.3 is 10.2 Å². The number of fused-ring (bicyclic) bond motifs is 1. The first-order valence-corrected chi connectivity index (χ1v) is 5.82. The van der Waals surface area contributed by atoms with Gasteiger partial charge in [0.2, 0.25) is 0 Å². The number of rotatable bonds is 3. The number of alkyl halides is 1. The quantitative estimate of drug-likeness (QED) is 0.655. The molecule has 0 unspecified atom stereocenters. The Kier molecular flexibility index (Phi) is 3.88. The van der Waals surface area contributed by atoms with E-state index < -0.39 is 11.6 Å². The van der Waals surface area contributed by atoms with Gasteiger partial charge in [-0.1, -0.05) is 0 Å². The highest BCUT2D eigenvalue weighted by molar-refractivity contribution is 5.74. The van der Waals surface area contributed by atoms with Crippen molar-refractivity contribution in [2.45, 2.75) is 13.0 Å². The van der Waals surface area contributed by atoms with Crippen LogP contribution in [0.15, 0.2) is 12.3 Å². The van der Waals surface area contributed by atoms with Crippen LogP contribution in [0.25, 0.3) is 0 Å². The molecule has 1 aromatic heterocycles. The van der Waals surface area contributed by atoms with Gasteiger partial charge in [0.1, 0.15) is 12.9 Å². The molecule has 2 rings (SSSR count). The van der Waals surface area contributed by atoms with Gasteiger partial charge >= 0.3 is 6.03 Å². The molecule has 102 valence electrons. The molecule has 0 fully saturated rings. The number of nitro groups is 1. The molecule has 0 spiro atoms. The van der Waals surface area contributed by atoms with Crippen molar-refractivity contribution in [3.8, 4) is 0 Å². The van der Waals surface area contributed by atoms with Crippen LogP contribution in [0.2, 0.25) is 0 Å². The molecule has 0 saturated carbocycles. The van der Waals surface area contributed by atoms with Crippen molar-refractivity contribution in [2.75, 3.05) is 19.8 Å². The Bertz CT molecular complexity index is 509. The Morgan fingerprint density at radius 3 is 3.11 bits per heavy atom. The summed E-state index contributed by atoms with van der Waals surface area (Å²) in [6.07, 6.45) is 1.76. The number of nitrogens with zero attached hydrogens (tertiary/aromatic N) is 3. The smallest absolute Gasteiger partial charge is 0.317 e. The van der Waals surface area contributed by atoms with Gasteiger partial charge in [0, 0.05) is 37.8 Å². The van der Waals surface area contributed by atoms with Gasteiger partial charge in [-0.2, -0.15) is 0 Å². The second-order valence-corrected chi connectivity index (χ2v) is 4.15. The third kappa shape index (κ3) is 2.95. The van der Waals surface area contributed by atoms with Crippen molar-refractivity contribution in [1.82, 2.24) is 15.2 Å². The summed E-state index contributed by atoms with van der Waals surface area (Å²) in [5.74, 6) is 0. The third-order valence-electron chi connectivity index (χ3n) is 2.89. The van der Waals surface area contributed by atoms with E-state index in [1.165, 1.54) is 17.2 Å². The molecular weight excluding hydrogens is 255 g/mol. The predicted octanol–water partition coefficient (Wildman–Crippen LogP) is 1.03. The van der Waals surface area contributed by atoms with Gasteiger partial charge in [-0.3, -0.25) is 15.1 Å². The Morgan fingerprint density at radius 2 is 2.42 bits per heavy atom. The number of hydrogen-bond donors (Lipinski definition) is 1. The molecule has 1 aliphatic heterocycles. The monoisotopic (exact) mass is 268 g/mol. The lowest BCUT2D eigenvalue weighted by atomic mass is 10.1. The Labute approximate surface area is 108 Å². The minimum atomic E-state index is -0.622. The highest BCUT2D eigenvalue weighted by Crippen LogP contribution is 2.21. The van der Waals surface area contributed by atoms with Crippen LogP contribution in [0.4, 0.5) is 14.9 Å². The summed E-state index contributed by atoms with van der Waals surface area (Å²) in [6.45, 7) is 0.0661. The topological polar surface area (TPSA) is 88.4 Å². The van der Waals surface area contributed by atoms with Crippen LogP contribution >= 0.6 is 0 Å². The molecular formula is C11H13FN4O3. The summed E-state index contributed by atoms with van der Waals surface area (Å²) in [6, 6.07) is 1.06. The van der Waals surface area contributed by atoms with Crippen molar-refractivity contribution < 1.29 is 14.1 Å². The number of halogens is 1. The molecule has 0 saturated heterocycles. The van der Waals surface area contributed by atoms with Crippen molar-refractivity contribution in [3.63, 3.8) is 0 Å². The average Bonchev–Trinajstić information content (AvgIpc) is 2.43. The van der Waals surface area contributed by atoms with E-state index >= 15 is 0 Å². The molecule has 0 bridgehead atoms. The molecule has 0 atom stereocenters. The highest BCUT2D eigenvalue weighted by atomic mass is 19.1. The number of hydrogen-bond acceptors (Lipinski definition) is 4. The molecule has 1 aromatic rings. The van der Waals surface area contributed by atoms with E-state index in [0.29, 0.717) is 18.5 Å². The molecule has 7 nitrogen and oxygen atoms in total. The van der Waals surface area contributed by atoms with Crippen LogP contribution in [0.3, 0.4) is 0 Å². The zero-order valence-electron chi connectivity index (χ0n) is 10.1. The maximum Gasteiger partial charge on any atom is 0.317 e. The maximum absolute atomic E-state index is 12.0. The second kappa shape index (κ2) is 5.59. The first-order valence-electron chi connectivity index (χ1n) is 5.82. The minimum absolute atomic E-state index is 0.0324. The fraction of sp³-hybridized carbons (Fsp3) is 0.455. The van der Waals surface area contributed by atoms with Crippen LogP contribution in [-0.4, -0.2) is 40.6 Å². The first-order chi connectivity index (χ1) is 9.11. The molecule has 2 heterocycles. The number of aromatic nitrogens is 1. The lowest BCUT2D eigenvalue weighted by Gasteiger charge is -2.28. The average molecular weight is 268 g/mol. The van der Waals surface area contributed by atoms with Crippen molar-refractivity contribution in [1.29, 1.82) is 0 Å². The fourth-order valence-electron chi connectivity index (χ4n) is 1.95. The number of urea groups is 1. The van der Waals surface area contributed by atoms with Gasteiger partial charge in [0.25, 0.3) is 5.69 Å². The van der Waals surface area contributed by atoms with Crippen molar-refractivity contribution in [3.05, 3.63) is 33.6 Å². The molecule has 0 aromatic carbocycles. The van der Waals surface area contributed by atoms with Crippen LogP contribution in [0.1, 0.15) is 11.3 Å². The van der Waals surface area contributed by atoms with Gasteiger partial charge in [-0.25, -0.2) is 9.18 Å². The standard InChI is InChI=1S/C11H13FN4O3/c12-2-3-13-11(17)15-4-1-10-8(7-15)5-9(6-14-10)16(18)19/h5-6H,1-4,7H2,(H,13,17). The molecule has 19 heavy (non-hydrogen) atoms. The van der Waals surface area contributed by atoms with E-state index in [2.05, 4.69) is 10.3 Å². The fourth-order valence-corrected chi connectivity index (χ4v) is 1.95. The van der Waals surface area contributed by atoms with Crippen LogP contribution < -0.4 is 5.32 Å². The molecule has 2 amide bonds. The largest absolute Gasteiger partial charge is 0.335 e. The first kappa shape index (κ1) is 13.2. The van der Waals surface area contributed by atoms with Crippen molar-refractivity contribution in [2.24, 2.45) is 0 Å². The number of pyridine rings is 1. The lowest BCUT2D eigenvalue weighted by molar-refractivity contribution is -0.385. The van der Waals surface area contributed by atoms with E-state index in [9.17, 15) is 19.3 Å². The lowest BCUT2D eigenvalue weighted by Crippen LogP contribution is -2.43.